The maximum atomic E-state index is 14.1. The molecule has 21 heavy (non-hydrogen) atoms. The third kappa shape index (κ3) is 2.38. The lowest BCUT2D eigenvalue weighted by atomic mass is 10.0. The number of anilines is 1. The molecule has 0 atom stereocenters. The lowest BCUT2D eigenvalue weighted by Gasteiger charge is -2.13. The van der Waals surface area contributed by atoms with Crippen LogP contribution < -0.4 is 4.90 Å². The minimum absolute atomic E-state index is 0.0447. The number of nitrogens with zero attached hydrogens (tertiary/aromatic N) is 2. The first kappa shape index (κ1) is 13.9. The third-order valence-electron chi connectivity index (χ3n) is 3.55. The molecule has 1 aliphatic rings. The summed E-state index contributed by atoms with van der Waals surface area (Å²) in [5.41, 5.74) is 1.86. The van der Waals surface area contributed by atoms with Gasteiger partial charge in [0.25, 0.3) is 0 Å². The second kappa shape index (κ2) is 5.41. The molecule has 0 unspecified atom stereocenters. The van der Waals surface area contributed by atoms with Crippen LogP contribution in [0.3, 0.4) is 0 Å². The number of fused-ring (bicyclic) bond motifs is 1. The summed E-state index contributed by atoms with van der Waals surface area (Å²) in [6.45, 7) is 2.11. The zero-order valence-electron chi connectivity index (χ0n) is 11.9. The van der Waals surface area contributed by atoms with Crippen molar-refractivity contribution < 1.29 is 9.18 Å². The topological polar surface area (TPSA) is 32.7 Å². The highest BCUT2D eigenvalue weighted by atomic mass is 32.1. The molecular formula is C16H15FN2OS. The Kier molecular flexibility index (Phi) is 3.59. The Morgan fingerprint density at radius 1 is 1.33 bits per heavy atom. The molecule has 5 heteroatoms. The van der Waals surface area contributed by atoms with Crippen molar-refractivity contribution in [3.8, 4) is 0 Å². The first-order valence-electron chi connectivity index (χ1n) is 6.80. The van der Waals surface area contributed by atoms with Gasteiger partial charge >= 0.3 is 0 Å². The lowest BCUT2D eigenvalue weighted by molar-refractivity contribution is -0.116. The minimum Gasteiger partial charge on any atom is -0.305 e. The Bertz CT molecular complexity index is 736. The van der Waals surface area contributed by atoms with Gasteiger partial charge in [-0.15, -0.1) is 11.3 Å². The number of amides is 1. The van der Waals surface area contributed by atoms with Crippen molar-refractivity contribution in [3.63, 3.8) is 0 Å². The fraction of sp³-hybridized carbons (Fsp3) is 0.250. The second-order valence-corrected chi connectivity index (χ2v) is 6.00. The number of hydrogen-bond acceptors (Lipinski definition) is 3. The molecule has 2 heterocycles. The van der Waals surface area contributed by atoms with E-state index in [2.05, 4.69) is 11.9 Å². The SMILES string of the molecule is CCc1cc2c(s1)N(C)C(=O)CN=C2c1ccccc1F. The number of carbonyl (C=O) groups is 1. The number of hydrogen-bond donors (Lipinski definition) is 0. The monoisotopic (exact) mass is 302 g/mol. The fourth-order valence-electron chi connectivity index (χ4n) is 2.36. The maximum absolute atomic E-state index is 14.1. The van der Waals surface area contributed by atoms with Gasteiger partial charge in [0.15, 0.2) is 0 Å². The molecule has 1 aromatic heterocycles. The molecule has 0 bridgehead atoms. The van der Waals surface area contributed by atoms with Crippen LogP contribution in [0.2, 0.25) is 0 Å². The highest BCUT2D eigenvalue weighted by Gasteiger charge is 2.26. The maximum Gasteiger partial charge on any atom is 0.249 e. The largest absolute Gasteiger partial charge is 0.305 e. The van der Waals surface area contributed by atoms with Crippen molar-refractivity contribution >= 4 is 28.0 Å². The predicted molar refractivity (Wildman–Crippen MR) is 84.0 cm³/mol. The number of likely N-dealkylation sites (N-methyl/N-ethyl adjacent to an activating group) is 1. The van der Waals surface area contributed by atoms with Gasteiger partial charge in [0, 0.05) is 23.1 Å². The number of aliphatic imine (C=N–C) groups is 1. The molecular weight excluding hydrogens is 287 g/mol. The van der Waals surface area contributed by atoms with Gasteiger partial charge in [-0.3, -0.25) is 9.79 Å². The van der Waals surface area contributed by atoms with Gasteiger partial charge in [-0.25, -0.2) is 4.39 Å². The summed E-state index contributed by atoms with van der Waals surface area (Å²) in [5.74, 6) is -0.393. The standard InChI is InChI=1S/C16H15FN2OS/c1-3-10-8-12-15(11-6-4-5-7-13(11)17)18-9-14(20)19(2)16(12)21-10/h4-8H,3,9H2,1-2H3. The number of halogens is 1. The highest BCUT2D eigenvalue weighted by molar-refractivity contribution is 7.16. The van der Waals surface area contributed by atoms with Gasteiger partial charge in [-0.1, -0.05) is 19.1 Å². The first-order valence-corrected chi connectivity index (χ1v) is 7.62. The summed E-state index contributed by atoms with van der Waals surface area (Å²) in [5, 5.41) is 0.844. The van der Waals surface area contributed by atoms with Crippen LogP contribution in [0, 0.1) is 5.82 Å². The second-order valence-electron chi connectivity index (χ2n) is 4.88. The molecule has 1 aromatic carbocycles. The number of rotatable bonds is 2. The van der Waals surface area contributed by atoms with Crippen molar-refractivity contribution in [2.45, 2.75) is 13.3 Å². The normalized spacial score (nSPS) is 14.7. The van der Waals surface area contributed by atoms with Gasteiger partial charge in [-0.05, 0) is 24.6 Å². The first-order chi connectivity index (χ1) is 10.1. The molecule has 0 N–H and O–H groups in total. The molecule has 0 spiro atoms. The average Bonchev–Trinajstić information content (AvgIpc) is 2.88. The summed E-state index contributed by atoms with van der Waals surface area (Å²) in [7, 11) is 1.75. The van der Waals surface area contributed by atoms with Crippen LogP contribution in [0.4, 0.5) is 9.39 Å². The van der Waals surface area contributed by atoms with E-state index in [0.29, 0.717) is 11.3 Å². The number of thiophene rings is 1. The van der Waals surface area contributed by atoms with Crippen molar-refractivity contribution in [1.82, 2.24) is 0 Å². The third-order valence-corrected chi connectivity index (χ3v) is 4.90. The van der Waals surface area contributed by atoms with Crippen molar-refractivity contribution in [3.05, 3.63) is 52.2 Å². The van der Waals surface area contributed by atoms with E-state index in [1.165, 1.54) is 6.07 Å². The zero-order valence-corrected chi connectivity index (χ0v) is 12.7. The highest BCUT2D eigenvalue weighted by Crippen LogP contribution is 2.35. The summed E-state index contributed by atoms with van der Waals surface area (Å²) >= 11 is 1.57. The van der Waals surface area contributed by atoms with Gasteiger partial charge in [0.1, 0.15) is 17.4 Å². The van der Waals surface area contributed by atoms with E-state index in [9.17, 15) is 9.18 Å². The fourth-order valence-corrected chi connectivity index (χ4v) is 3.43. The smallest absolute Gasteiger partial charge is 0.249 e. The van der Waals surface area contributed by atoms with E-state index in [-0.39, 0.29) is 18.3 Å². The van der Waals surface area contributed by atoms with E-state index < -0.39 is 0 Å². The molecule has 0 saturated heterocycles. The summed E-state index contributed by atoms with van der Waals surface area (Å²) in [6, 6.07) is 8.57. The Balaban J connectivity index is 2.22. The molecule has 3 rings (SSSR count). The Labute approximate surface area is 126 Å². The van der Waals surface area contributed by atoms with Gasteiger partial charge in [0.05, 0.1) is 5.71 Å². The van der Waals surface area contributed by atoms with Crippen molar-refractivity contribution in [1.29, 1.82) is 0 Å². The van der Waals surface area contributed by atoms with E-state index in [0.717, 1.165) is 21.9 Å². The van der Waals surface area contributed by atoms with E-state index in [4.69, 9.17) is 0 Å². The summed E-state index contributed by atoms with van der Waals surface area (Å²) in [6.07, 6.45) is 0.879. The van der Waals surface area contributed by atoms with Crippen LogP contribution in [0.15, 0.2) is 35.3 Å². The Hall–Kier alpha value is -2.01. The quantitative estimate of drug-likeness (QED) is 0.838. The molecule has 1 amide bonds. The van der Waals surface area contributed by atoms with Crippen LogP contribution in [-0.4, -0.2) is 25.2 Å². The molecule has 0 saturated carbocycles. The number of benzene rings is 1. The predicted octanol–water partition coefficient (Wildman–Crippen LogP) is 3.26. The summed E-state index contributed by atoms with van der Waals surface area (Å²) < 4.78 is 14.1. The van der Waals surface area contributed by atoms with Gasteiger partial charge < -0.3 is 4.90 Å². The van der Waals surface area contributed by atoms with Gasteiger partial charge in [0.2, 0.25) is 5.91 Å². The van der Waals surface area contributed by atoms with Crippen molar-refractivity contribution in [2.75, 3.05) is 18.5 Å². The summed E-state index contributed by atoms with van der Waals surface area (Å²) in [4.78, 5) is 19.2. The number of aryl methyl sites for hydroxylation is 1. The molecule has 2 aromatic rings. The van der Waals surface area contributed by atoms with Crippen LogP contribution in [0.5, 0.6) is 0 Å². The van der Waals surface area contributed by atoms with E-state index in [1.54, 1.807) is 41.5 Å². The molecule has 0 radical (unpaired) electrons. The lowest BCUT2D eigenvalue weighted by Crippen LogP contribution is -2.26. The molecule has 108 valence electrons. The number of carbonyl (C=O) groups excluding carboxylic acids is 1. The van der Waals surface area contributed by atoms with Crippen LogP contribution in [0.25, 0.3) is 0 Å². The molecule has 1 aliphatic heterocycles. The molecule has 3 nitrogen and oxygen atoms in total. The van der Waals surface area contributed by atoms with Crippen molar-refractivity contribution in [2.24, 2.45) is 4.99 Å². The van der Waals surface area contributed by atoms with E-state index in [1.807, 2.05) is 6.07 Å². The Morgan fingerprint density at radius 3 is 2.81 bits per heavy atom. The van der Waals surface area contributed by atoms with Gasteiger partial charge in [-0.2, -0.15) is 0 Å². The Morgan fingerprint density at radius 2 is 2.10 bits per heavy atom. The van der Waals surface area contributed by atoms with E-state index >= 15 is 0 Å². The average molecular weight is 302 g/mol. The molecule has 0 aliphatic carbocycles. The zero-order chi connectivity index (χ0) is 15.0. The molecule has 0 fully saturated rings. The van der Waals surface area contributed by atoms with Crippen LogP contribution >= 0.6 is 11.3 Å². The minimum atomic E-state index is -0.316. The van der Waals surface area contributed by atoms with Crippen LogP contribution in [-0.2, 0) is 11.2 Å². The van der Waals surface area contributed by atoms with Crippen LogP contribution in [0.1, 0.15) is 22.9 Å².